The van der Waals surface area contributed by atoms with Crippen molar-refractivity contribution in [2.24, 2.45) is 0 Å². The van der Waals surface area contributed by atoms with Gasteiger partial charge in [0.15, 0.2) is 0 Å². The van der Waals surface area contributed by atoms with E-state index >= 15 is 0 Å². The molecule has 2 heterocycles. The van der Waals surface area contributed by atoms with Crippen LogP contribution in [0.4, 0.5) is 0 Å². The Morgan fingerprint density at radius 3 is 2.57 bits per heavy atom. The van der Waals surface area contributed by atoms with Gasteiger partial charge in [0.05, 0.1) is 25.9 Å². The molecule has 0 saturated heterocycles. The van der Waals surface area contributed by atoms with Crippen LogP contribution in [0.1, 0.15) is 0 Å². The number of halogens is 2. The van der Waals surface area contributed by atoms with Crippen LogP contribution >= 0.6 is 56.6 Å². The van der Waals surface area contributed by atoms with Crippen LogP contribution in [-0.2, 0) is 0 Å². The first kappa shape index (κ1) is 12.0. The fourth-order valence-corrected chi connectivity index (χ4v) is 2.79. The molecule has 0 amide bonds. The fraction of sp³-hybridized carbons (Fsp3) is 0. The van der Waals surface area contributed by atoms with Gasteiger partial charge >= 0.3 is 0 Å². The van der Waals surface area contributed by atoms with E-state index in [4.69, 9.17) is 0 Å². The Labute approximate surface area is 110 Å². The van der Waals surface area contributed by atoms with Crippen LogP contribution in [0.25, 0.3) is 20.4 Å². The van der Waals surface area contributed by atoms with Crippen LogP contribution in [0.5, 0.6) is 0 Å². The molecule has 0 bridgehead atoms. The van der Waals surface area contributed by atoms with E-state index in [1.165, 1.54) is 9.40 Å². The van der Waals surface area contributed by atoms with E-state index < -0.39 is 0 Å². The summed E-state index contributed by atoms with van der Waals surface area (Å²) in [4.78, 5) is 8.54. The van der Waals surface area contributed by atoms with Crippen LogP contribution < -0.4 is 0 Å². The average Bonchev–Trinajstić information content (AvgIpc) is 2.71. The number of rotatable bonds is 0. The molecule has 2 nitrogen and oxygen atoms in total. The third-order valence-corrected chi connectivity index (χ3v) is 3.44. The summed E-state index contributed by atoms with van der Waals surface area (Å²) in [5.41, 5.74) is 5.89. The molecule has 2 aromatic heterocycles. The molecule has 0 aliphatic heterocycles. The maximum absolute atomic E-state index is 4.31. The molecule has 1 aromatic carbocycles. The predicted octanol–water partition coefficient (Wildman–Crippen LogP) is 4.06. The molecule has 0 unspecified atom stereocenters. The Hall–Kier alpha value is -0.0400. The van der Waals surface area contributed by atoms with Gasteiger partial charge in [-0.3, -0.25) is 0 Å². The monoisotopic (exact) mass is 352 g/mol. The molecule has 0 aliphatic rings. The summed E-state index contributed by atoms with van der Waals surface area (Å²) in [5, 5.41) is 0. The molecular formula is C8H6Br2N2S2. The summed E-state index contributed by atoms with van der Waals surface area (Å²) in [7, 11) is 0. The predicted molar refractivity (Wildman–Crippen MR) is 73.4 cm³/mol. The van der Waals surface area contributed by atoms with Crippen molar-refractivity contribution in [1.82, 2.24) is 9.97 Å². The number of hydrogen-bond acceptors (Lipinski definition) is 4. The smallest absolute Gasteiger partial charge is 0.101 e. The van der Waals surface area contributed by atoms with E-state index in [1.54, 1.807) is 22.7 Å². The number of hydrogen-bond donors (Lipinski definition) is 0. The first-order chi connectivity index (χ1) is 5.95. The maximum atomic E-state index is 4.31. The second-order valence-electron chi connectivity index (χ2n) is 2.47. The lowest BCUT2D eigenvalue weighted by Crippen LogP contribution is -1.68. The summed E-state index contributed by atoms with van der Waals surface area (Å²) in [6, 6.07) is 4.13. The molecule has 14 heavy (non-hydrogen) atoms. The van der Waals surface area contributed by atoms with Gasteiger partial charge in [0.2, 0.25) is 0 Å². The van der Waals surface area contributed by atoms with E-state index in [1.807, 2.05) is 17.1 Å². The number of nitrogens with zero attached hydrogens (tertiary/aromatic N) is 2. The second kappa shape index (κ2) is 4.65. The number of fused-ring (bicyclic) bond motifs is 3. The molecule has 74 valence electrons. The molecule has 0 spiro atoms. The van der Waals surface area contributed by atoms with Crippen molar-refractivity contribution in [1.29, 1.82) is 0 Å². The highest BCUT2D eigenvalue weighted by atomic mass is 79.9. The second-order valence-corrected chi connectivity index (χ2v) is 4.21. The molecule has 0 fully saturated rings. The standard InChI is InChI=1S/C8H4N2S2.2BrH/c1-2-6-7(10-4-11-6)8-5(1)9-3-12-8;;/h1-4H;2*1H. The normalized spacial score (nSPS) is 9.71. The minimum absolute atomic E-state index is 0. The lowest BCUT2D eigenvalue weighted by molar-refractivity contribution is 1.49. The molecule has 3 aromatic rings. The fourth-order valence-electron chi connectivity index (χ4n) is 1.25. The van der Waals surface area contributed by atoms with Crippen LogP contribution in [0.3, 0.4) is 0 Å². The third-order valence-electron chi connectivity index (χ3n) is 1.80. The number of benzene rings is 1. The molecule has 0 N–H and O–H groups in total. The van der Waals surface area contributed by atoms with Crippen molar-refractivity contribution in [2.75, 3.05) is 0 Å². The van der Waals surface area contributed by atoms with Gasteiger partial charge in [-0.25, -0.2) is 9.97 Å². The Bertz CT molecular complexity index is 497. The van der Waals surface area contributed by atoms with E-state index in [0.29, 0.717) is 0 Å². The third kappa shape index (κ3) is 1.71. The molecule has 0 saturated carbocycles. The van der Waals surface area contributed by atoms with Gasteiger partial charge in [-0.05, 0) is 12.1 Å². The zero-order chi connectivity index (χ0) is 7.97. The van der Waals surface area contributed by atoms with Crippen molar-refractivity contribution in [3.8, 4) is 0 Å². The zero-order valence-corrected chi connectivity index (χ0v) is 11.9. The highest BCUT2D eigenvalue weighted by Crippen LogP contribution is 2.28. The highest BCUT2D eigenvalue weighted by molar-refractivity contribution is 8.93. The first-order valence-corrected chi connectivity index (χ1v) is 5.26. The largest absolute Gasteiger partial charge is 0.245 e. The van der Waals surface area contributed by atoms with Gasteiger partial charge in [-0.15, -0.1) is 56.6 Å². The van der Waals surface area contributed by atoms with Gasteiger partial charge in [0.25, 0.3) is 0 Å². The minimum atomic E-state index is 0. The van der Waals surface area contributed by atoms with Gasteiger partial charge in [-0.2, -0.15) is 0 Å². The van der Waals surface area contributed by atoms with Crippen molar-refractivity contribution in [3.63, 3.8) is 0 Å². The van der Waals surface area contributed by atoms with Crippen LogP contribution in [0.2, 0.25) is 0 Å². The van der Waals surface area contributed by atoms with E-state index in [-0.39, 0.29) is 34.0 Å². The molecule has 0 atom stereocenters. The topological polar surface area (TPSA) is 25.8 Å². The minimum Gasteiger partial charge on any atom is -0.245 e. The van der Waals surface area contributed by atoms with Crippen molar-refractivity contribution in [2.45, 2.75) is 0 Å². The summed E-state index contributed by atoms with van der Waals surface area (Å²) in [6.07, 6.45) is 0. The van der Waals surface area contributed by atoms with Gasteiger partial charge in [-0.1, -0.05) is 0 Å². The van der Waals surface area contributed by atoms with Gasteiger partial charge in [0.1, 0.15) is 5.52 Å². The zero-order valence-electron chi connectivity index (χ0n) is 6.84. The maximum Gasteiger partial charge on any atom is 0.101 e. The lowest BCUT2D eigenvalue weighted by atomic mass is 10.3. The Kier molecular flexibility index (Phi) is 4.00. The average molecular weight is 354 g/mol. The van der Waals surface area contributed by atoms with E-state index in [2.05, 4.69) is 16.0 Å². The SMILES string of the molecule is Br.Br.c1nc2c(ccc3ncsc32)s1. The van der Waals surface area contributed by atoms with Gasteiger partial charge in [0, 0.05) is 0 Å². The molecule has 3 rings (SSSR count). The quantitative estimate of drug-likeness (QED) is 0.609. The molecule has 6 heteroatoms. The van der Waals surface area contributed by atoms with Gasteiger partial charge < -0.3 is 0 Å². The summed E-state index contributed by atoms with van der Waals surface area (Å²) < 4.78 is 2.44. The number of thiazole rings is 2. The lowest BCUT2D eigenvalue weighted by Gasteiger charge is -1.87. The summed E-state index contributed by atoms with van der Waals surface area (Å²) in [5.74, 6) is 0. The number of aromatic nitrogens is 2. The Balaban J connectivity index is 0.000000490. The van der Waals surface area contributed by atoms with Crippen LogP contribution in [0, 0.1) is 0 Å². The Morgan fingerprint density at radius 2 is 1.71 bits per heavy atom. The molecule has 0 radical (unpaired) electrons. The van der Waals surface area contributed by atoms with Crippen LogP contribution in [0.15, 0.2) is 23.2 Å². The Morgan fingerprint density at radius 1 is 0.929 bits per heavy atom. The van der Waals surface area contributed by atoms with Crippen molar-refractivity contribution in [3.05, 3.63) is 23.2 Å². The van der Waals surface area contributed by atoms with E-state index in [9.17, 15) is 0 Å². The molecular weight excluding hydrogens is 348 g/mol. The summed E-state index contributed by atoms with van der Waals surface area (Å²) in [6.45, 7) is 0. The van der Waals surface area contributed by atoms with Crippen LogP contribution in [-0.4, -0.2) is 9.97 Å². The van der Waals surface area contributed by atoms with Crippen molar-refractivity contribution < 1.29 is 0 Å². The highest BCUT2D eigenvalue weighted by Gasteiger charge is 2.03. The summed E-state index contributed by atoms with van der Waals surface area (Å²) >= 11 is 3.33. The first-order valence-electron chi connectivity index (χ1n) is 3.50. The van der Waals surface area contributed by atoms with E-state index in [0.717, 1.165) is 11.0 Å². The molecule has 0 aliphatic carbocycles. The van der Waals surface area contributed by atoms with Crippen molar-refractivity contribution >= 4 is 77.1 Å².